The van der Waals surface area contributed by atoms with Gasteiger partial charge >= 0.3 is 5.97 Å². The summed E-state index contributed by atoms with van der Waals surface area (Å²) in [6.45, 7) is 4.43. The number of aliphatic hydroxyl groups is 1. The highest BCUT2D eigenvalue weighted by Crippen LogP contribution is 2.61. The fourth-order valence-corrected chi connectivity index (χ4v) is 9.33. The first kappa shape index (κ1) is 18.3. The lowest BCUT2D eigenvalue weighted by Gasteiger charge is -2.58. The van der Waals surface area contributed by atoms with E-state index in [-0.39, 0.29) is 23.7 Å². The number of esters is 1. The third-order valence-corrected chi connectivity index (χ3v) is 11.0. The molecule has 2 aliphatic carbocycles. The molecule has 0 heterocycles. The Morgan fingerprint density at radius 3 is 2.48 bits per heavy atom. The van der Waals surface area contributed by atoms with Crippen LogP contribution in [0.4, 0.5) is 0 Å². The molecule has 3 atom stereocenters. The number of fused-ring (bicyclic) bond motifs is 1. The van der Waals surface area contributed by atoms with Gasteiger partial charge in [0.1, 0.15) is 5.78 Å². The van der Waals surface area contributed by atoms with Crippen LogP contribution in [0.3, 0.4) is 0 Å². The van der Waals surface area contributed by atoms with Crippen LogP contribution in [0.25, 0.3) is 0 Å². The van der Waals surface area contributed by atoms with E-state index >= 15 is 0 Å². The summed E-state index contributed by atoms with van der Waals surface area (Å²) in [7, 11) is -0.809. The first-order chi connectivity index (χ1) is 11.8. The lowest BCUT2D eigenvalue weighted by Crippen LogP contribution is -2.67. The van der Waals surface area contributed by atoms with E-state index in [0.717, 1.165) is 12.8 Å². The van der Waals surface area contributed by atoms with E-state index in [4.69, 9.17) is 4.74 Å². The van der Waals surface area contributed by atoms with E-state index in [1.54, 1.807) is 0 Å². The quantitative estimate of drug-likeness (QED) is 0.665. The predicted octanol–water partition coefficient (Wildman–Crippen LogP) is 2.80. The van der Waals surface area contributed by atoms with Crippen LogP contribution in [-0.4, -0.2) is 37.6 Å². The first-order valence-electron chi connectivity index (χ1n) is 9.16. The Hall–Kier alpha value is -1.46. The molecule has 2 aliphatic rings. The van der Waals surface area contributed by atoms with Gasteiger partial charge in [-0.1, -0.05) is 61.5 Å². The molecule has 1 N–H and O–H groups in total. The summed E-state index contributed by atoms with van der Waals surface area (Å²) in [6, 6.07) is 10.2. The Balaban J connectivity index is 2.17. The monoisotopic (exact) mass is 360 g/mol. The van der Waals surface area contributed by atoms with Crippen LogP contribution < -0.4 is 5.19 Å². The second-order valence-electron chi connectivity index (χ2n) is 8.26. The molecule has 0 aromatic heterocycles. The molecular formula is C20H28O4Si. The second-order valence-corrected chi connectivity index (χ2v) is 13.0. The number of hydrogen-bond donors (Lipinski definition) is 1. The zero-order valence-corrected chi connectivity index (χ0v) is 16.4. The van der Waals surface area contributed by atoms with Gasteiger partial charge in [-0.3, -0.25) is 9.59 Å². The number of ether oxygens (including phenoxy) is 1. The minimum Gasteiger partial charge on any atom is -0.469 e. The molecule has 1 aromatic rings. The van der Waals surface area contributed by atoms with Crippen molar-refractivity contribution in [3.05, 3.63) is 30.3 Å². The average Bonchev–Trinajstić information content (AvgIpc) is 2.60. The number of methoxy groups -OCH3 is 1. The molecule has 0 aliphatic heterocycles. The van der Waals surface area contributed by atoms with Crippen molar-refractivity contribution in [3.63, 3.8) is 0 Å². The van der Waals surface area contributed by atoms with Crippen LogP contribution >= 0.6 is 0 Å². The van der Waals surface area contributed by atoms with Crippen molar-refractivity contribution in [1.29, 1.82) is 0 Å². The fourth-order valence-electron chi connectivity index (χ4n) is 5.38. The molecule has 25 heavy (non-hydrogen) atoms. The summed E-state index contributed by atoms with van der Waals surface area (Å²) >= 11 is 0. The molecule has 1 aromatic carbocycles. The van der Waals surface area contributed by atoms with Gasteiger partial charge in [-0.15, -0.1) is 0 Å². The Morgan fingerprint density at radius 2 is 1.84 bits per heavy atom. The van der Waals surface area contributed by atoms with Crippen LogP contribution in [0.5, 0.6) is 0 Å². The number of carbonyl (C=O) groups is 2. The van der Waals surface area contributed by atoms with Gasteiger partial charge < -0.3 is 9.84 Å². The minimum atomic E-state index is -2.21. The Morgan fingerprint density at radius 1 is 1.20 bits per heavy atom. The SMILES string of the molecule is COC(=O)[C@@]12CCCC[C@]1(O)CC(=O)C[C@H]2[Si](C)(C)c1ccccc1. The van der Waals surface area contributed by atoms with Crippen molar-refractivity contribution >= 4 is 25.0 Å². The maximum absolute atomic E-state index is 13.1. The van der Waals surface area contributed by atoms with Gasteiger partial charge in [0.25, 0.3) is 0 Å². The third kappa shape index (κ3) is 2.68. The van der Waals surface area contributed by atoms with Crippen molar-refractivity contribution in [1.82, 2.24) is 0 Å². The van der Waals surface area contributed by atoms with Crippen molar-refractivity contribution in [2.24, 2.45) is 5.41 Å². The average molecular weight is 361 g/mol. The van der Waals surface area contributed by atoms with E-state index < -0.39 is 19.1 Å². The second kappa shape index (κ2) is 6.36. The molecule has 5 heteroatoms. The normalized spacial score (nSPS) is 32.8. The van der Waals surface area contributed by atoms with E-state index in [2.05, 4.69) is 25.2 Å². The van der Waals surface area contributed by atoms with E-state index in [0.29, 0.717) is 19.3 Å². The molecule has 4 nitrogen and oxygen atoms in total. The lowest BCUT2D eigenvalue weighted by atomic mass is 9.55. The van der Waals surface area contributed by atoms with Gasteiger partial charge in [-0.25, -0.2) is 0 Å². The van der Waals surface area contributed by atoms with Crippen molar-refractivity contribution in [2.75, 3.05) is 7.11 Å². The molecular weight excluding hydrogens is 332 g/mol. The molecule has 0 saturated heterocycles. The van der Waals surface area contributed by atoms with Crippen LogP contribution in [0.2, 0.25) is 18.6 Å². The Kier molecular flexibility index (Phi) is 4.66. The number of rotatable bonds is 3. The molecule has 2 fully saturated rings. The molecule has 0 radical (unpaired) electrons. The molecule has 2 saturated carbocycles. The third-order valence-electron chi connectivity index (χ3n) is 6.70. The highest BCUT2D eigenvalue weighted by molar-refractivity contribution is 6.91. The summed E-state index contributed by atoms with van der Waals surface area (Å²) in [6.07, 6.45) is 3.30. The summed E-state index contributed by atoms with van der Waals surface area (Å²) in [5.74, 6) is -0.255. The van der Waals surface area contributed by atoms with Gasteiger partial charge in [0.2, 0.25) is 0 Å². The van der Waals surface area contributed by atoms with E-state index in [1.807, 2.05) is 18.2 Å². The van der Waals surface area contributed by atoms with Crippen LogP contribution in [0, 0.1) is 5.41 Å². The van der Waals surface area contributed by atoms with Crippen LogP contribution in [0.15, 0.2) is 30.3 Å². The summed E-state index contributed by atoms with van der Waals surface area (Å²) in [4.78, 5) is 25.6. The molecule has 3 rings (SSSR count). The van der Waals surface area contributed by atoms with Crippen molar-refractivity contribution in [2.45, 2.75) is 62.8 Å². The Bertz CT molecular complexity index is 672. The molecule has 136 valence electrons. The summed E-state index contributed by atoms with van der Waals surface area (Å²) < 4.78 is 5.22. The Labute approximate surface area is 150 Å². The number of Topliss-reactive ketones (excluding diaryl/α,β-unsaturated/α-hetero) is 1. The van der Waals surface area contributed by atoms with Gasteiger partial charge in [0, 0.05) is 12.8 Å². The van der Waals surface area contributed by atoms with E-state index in [1.165, 1.54) is 12.3 Å². The highest BCUT2D eigenvalue weighted by Gasteiger charge is 2.67. The van der Waals surface area contributed by atoms with Crippen molar-refractivity contribution < 1.29 is 19.4 Å². The first-order valence-corrected chi connectivity index (χ1v) is 12.2. The van der Waals surface area contributed by atoms with Crippen LogP contribution in [0.1, 0.15) is 38.5 Å². The minimum absolute atomic E-state index is 0.0745. The number of hydrogen-bond acceptors (Lipinski definition) is 4. The van der Waals surface area contributed by atoms with Gasteiger partial charge in [-0.2, -0.15) is 0 Å². The van der Waals surface area contributed by atoms with Gasteiger partial charge in [-0.05, 0) is 18.4 Å². The molecule has 0 unspecified atom stereocenters. The standard InChI is InChI=1S/C20H28O4Si/c1-24-18(22)20-12-8-7-11-19(20,23)14-15(21)13-17(20)25(2,3)16-9-5-4-6-10-16/h4-6,9-10,17,23H,7-8,11-14H2,1-3H3/t17-,19+,20+/m1/s1. The maximum Gasteiger partial charge on any atom is 0.314 e. The van der Waals surface area contributed by atoms with Gasteiger partial charge in [0.05, 0.1) is 26.2 Å². The lowest BCUT2D eigenvalue weighted by molar-refractivity contribution is -0.190. The summed E-state index contributed by atoms with van der Waals surface area (Å²) in [5, 5.41) is 12.7. The molecule has 0 bridgehead atoms. The molecule has 0 spiro atoms. The fraction of sp³-hybridized carbons (Fsp3) is 0.600. The topological polar surface area (TPSA) is 63.6 Å². The smallest absolute Gasteiger partial charge is 0.314 e. The van der Waals surface area contributed by atoms with Gasteiger partial charge in [0.15, 0.2) is 0 Å². The molecule has 0 amide bonds. The summed E-state index contributed by atoms with van der Waals surface area (Å²) in [5.41, 5.74) is -2.38. The highest BCUT2D eigenvalue weighted by atomic mass is 28.3. The van der Waals surface area contributed by atoms with Crippen LogP contribution in [-0.2, 0) is 14.3 Å². The number of carbonyl (C=O) groups excluding carboxylic acids is 2. The van der Waals surface area contributed by atoms with Crippen molar-refractivity contribution in [3.8, 4) is 0 Å². The zero-order valence-electron chi connectivity index (χ0n) is 15.4. The largest absolute Gasteiger partial charge is 0.469 e. The zero-order chi connectivity index (χ0) is 18.3. The van der Waals surface area contributed by atoms with E-state index in [9.17, 15) is 14.7 Å². The number of benzene rings is 1. The number of ketones is 1. The maximum atomic E-state index is 13.1. The predicted molar refractivity (Wildman–Crippen MR) is 99.4 cm³/mol.